The van der Waals surface area contributed by atoms with Gasteiger partial charge in [-0.05, 0) is 17.7 Å². The molecule has 23 heavy (non-hydrogen) atoms. The van der Waals surface area contributed by atoms with Gasteiger partial charge < -0.3 is 10.0 Å². The van der Waals surface area contributed by atoms with Gasteiger partial charge in [-0.15, -0.1) is 0 Å². The number of carbonyl (C=O) groups excluding carboxylic acids is 1. The summed E-state index contributed by atoms with van der Waals surface area (Å²) in [6.07, 6.45) is 0. The van der Waals surface area contributed by atoms with Crippen LogP contribution in [0.1, 0.15) is 21.8 Å². The third-order valence-corrected chi connectivity index (χ3v) is 4.25. The summed E-state index contributed by atoms with van der Waals surface area (Å²) in [6.45, 7) is -0.280. The number of hydrogen-bond donors (Lipinski definition) is 1. The molecular formula is C18H15FN2O2. The van der Waals surface area contributed by atoms with E-state index >= 15 is 0 Å². The number of aliphatic hydroxyl groups is 1. The van der Waals surface area contributed by atoms with Crippen molar-refractivity contribution in [3.05, 3.63) is 71.5 Å². The van der Waals surface area contributed by atoms with E-state index in [0.717, 1.165) is 5.56 Å². The lowest BCUT2D eigenvalue weighted by Crippen LogP contribution is -2.65. The second-order valence-corrected chi connectivity index (χ2v) is 5.45. The first-order valence-electron chi connectivity index (χ1n) is 7.31. The zero-order valence-electron chi connectivity index (χ0n) is 12.3. The smallest absolute Gasteiger partial charge is 0.258 e. The summed E-state index contributed by atoms with van der Waals surface area (Å²) in [4.78, 5) is 13.9. The Hall–Kier alpha value is -2.71. The maximum absolute atomic E-state index is 13.9. The van der Waals surface area contributed by atoms with Gasteiger partial charge in [0, 0.05) is 5.92 Å². The lowest BCUT2D eigenvalue weighted by molar-refractivity contribution is -0.00618. The van der Waals surface area contributed by atoms with Crippen molar-refractivity contribution in [3.63, 3.8) is 0 Å². The maximum Gasteiger partial charge on any atom is 0.258 e. The zero-order chi connectivity index (χ0) is 16.4. The number of carbonyl (C=O) groups is 1. The summed E-state index contributed by atoms with van der Waals surface area (Å²) in [6, 6.07) is 15.8. The van der Waals surface area contributed by atoms with Crippen LogP contribution in [0.4, 0.5) is 4.39 Å². The lowest BCUT2D eigenvalue weighted by Gasteiger charge is -2.51. The average molecular weight is 310 g/mol. The number of hydrogen-bond acceptors (Lipinski definition) is 3. The van der Waals surface area contributed by atoms with Gasteiger partial charge in [-0.3, -0.25) is 4.79 Å². The summed E-state index contributed by atoms with van der Waals surface area (Å²) in [5.41, 5.74) is 0.799. The van der Waals surface area contributed by atoms with E-state index in [-0.39, 0.29) is 18.1 Å². The van der Waals surface area contributed by atoms with Crippen LogP contribution >= 0.6 is 0 Å². The topological polar surface area (TPSA) is 64.3 Å². The van der Waals surface area contributed by atoms with Gasteiger partial charge >= 0.3 is 0 Å². The largest absolute Gasteiger partial charge is 0.394 e. The summed E-state index contributed by atoms with van der Waals surface area (Å²) in [5.74, 6) is -1.48. The Morgan fingerprint density at radius 2 is 1.83 bits per heavy atom. The van der Waals surface area contributed by atoms with E-state index in [0.29, 0.717) is 0 Å². The second-order valence-electron chi connectivity index (χ2n) is 5.45. The van der Waals surface area contributed by atoms with E-state index in [2.05, 4.69) is 6.07 Å². The number of nitriles is 1. The van der Waals surface area contributed by atoms with Crippen molar-refractivity contribution in [2.75, 3.05) is 6.61 Å². The molecule has 0 aromatic heterocycles. The number of nitrogens with zero attached hydrogens (tertiary/aromatic N) is 2. The van der Waals surface area contributed by atoms with E-state index < -0.39 is 23.8 Å². The highest BCUT2D eigenvalue weighted by molar-refractivity contribution is 5.96. The Kier molecular flexibility index (Phi) is 4.09. The van der Waals surface area contributed by atoms with Crippen LogP contribution in [0.15, 0.2) is 54.6 Å². The van der Waals surface area contributed by atoms with Gasteiger partial charge in [-0.1, -0.05) is 42.5 Å². The Balaban J connectivity index is 1.93. The maximum atomic E-state index is 13.9. The summed E-state index contributed by atoms with van der Waals surface area (Å²) >= 11 is 0. The van der Waals surface area contributed by atoms with Gasteiger partial charge in [0.05, 0.1) is 24.3 Å². The van der Waals surface area contributed by atoms with Gasteiger partial charge in [-0.2, -0.15) is 5.26 Å². The van der Waals surface area contributed by atoms with Crippen LogP contribution in [0.2, 0.25) is 0 Å². The molecule has 1 aliphatic heterocycles. The monoisotopic (exact) mass is 310 g/mol. The molecule has 2 aromatic carbocycles. The minimum Gasteiger partial charge on any atom is -0.394 e. The summed E-state index contributed by atoms with van der Waals surface area (Å²) in [7, 11) is 0. The molecule has 1 fully saturated rings. The van der Waals surface area contributed by atoms with Crippen LogP contribution in [0, 0.1) is 17.1 Å². The van der Waals surface area contributed by atoms with Crippen LogP contribution in [0.3, 0.4) is 0 Å². The number of benzene rings is 2. The molecule has 1 N–H and O–H groups in total. The van der Waals surface area contributed by atoms with E-state index in [1.165, 1.54) is 23.1 Å². The average Bonchev–Trinajstić information content (AvgIpc) is 2.56. The molecule has 0 bridgehead atoms. The molecule has 5 heteroatoms. The number of halogens is 1. The fourth-order valence-electron chi connectivity index (χ4n) is 3.14. The molecule has 0 radical (unpaired) electrons. The molecule has 0 unspecified atom stereocenters. The third-order valence-electron chi connectivity index (χ3n) is 4.25. The molecular weight excluding hydrogens is 295 g/mol. The zero-order valence-corrected chi connectivity index (χ0v) is 12.3. The minimum atomic E-state index is -0.721. The second kappa shape index (κ2) is 6.19. The summed E-state index contributed by atoms with van der Waals surface area (Å²) in [5, 5.41) is 19.1. The number of amides is 1. The first-order chi connectivity index (χ1) is 11.2. The molecule has 2 aromatic rings. The predicted octanol–water partition coefficient (Wildman–Crippen LogP) is 2.32. The molecule has 116 valence electrons. The van der Waals surface area contributed by atoms with E-state index in [9.17, 15) is 19.6 Å². The number of aliphatic hydroxyl groups excluding tert-OH is 1. The molecule has 0 aliphatic carbocycles. The molecule has 1 heterocycles. The minimum absolute atomic E-state index is 0.0855. The van der Waals surface area contributed by atoms with Crippen LogP contribution in [-0.2, 0) is 0 Å². The third kappa shape index (κ3) is 2.47. The van der Waals surface area contributed by atoms with Crippen molar-refractivity contribution in [2.45, 2.75) is 18.0 Å². The molecule has 0 spiro atoms. The Morgan fingerprint density at radius 1 is 1.17 bits per heavy atom. The van der Waals surface area contributed by atoms with Crippen molar-refractivity contribution < 1.29 is 14.3 Å². The van der Waals surface area contributed by atoms with Gasteiger partial charge in [0.25, 0.3) is 5.91 Å². The van der Waals surface area contributed by atoms with E-state index in [1.54, 1.807) is 6.07 Å². The van der Waals surface area contributed by atoms with Crippen LogP contribution in [0.25, 0.3) is 0 Å². The van der Waals surface area contributed by atoms with Crippen molar-refractivity contribution in [1.82, 2.24) is 4.90 Å². The van der Waals surface area contributed by atoms with Gasteiger partial charge in [0.1, 0.15) is 11.9 Å². The first kappa shape index (κ1) is 15.2. The van der Waals surface area contributed by atoms with Gasteiger partial charge in [0.15, 0.2) is 0 Å². The highest BCUT2D eigenvalue weighted by Crippen LogP contribution is 2.41. The Bertz CT molecular complexity index is 757. The fraction of sp³-hybridized carbons (Fsp3) is 0.222. The Morgan fingerprint density at radius 3 is 2.43 bits per heavy atom. The van der Waals surface area contributed by atoms with Crippen molar-refractivity contribution in [3.8, 4) is 6.07 Å². The normalized spacial score (nSPS) is 23.0. The van der Waals surface area contributed by atoms with Crippen molar-refractivity contribution >= 4 is 5.91 Å². The SMILES string of the molecule is N#C[C@H]1[C@@H](c2ccccc2)[C@H](CO)N1C(=O)c1ccccc1F. The van der Waals surface area contributed by atoms with E-state index in [4.69, 9.17) is 0 Å². The van der Waals surface area contributed by atoms with Gasteiger partial charge in [0.2, 0.25) is 0 Å². The number of likely N-dealkylation sites (tertiary alicyclic amines) is 1. The fourth-order valence-corrected chi connectivity index (χ4v) is 3.14. The van der Waals surface area contributed by atoms with Crippen LogP contribution in [-0.4, -0.2) is 34.6 Å². The molecule has 4 nitrogen and oxygen atoms in total. The summed E-state index contributed by atoms with van der Waals surface area (Å²) < 4.78 is 13.9. The lowest BCUT2D eigenvalue weighted by atomic mass is 9.75. The molecule has 1 amide bonds. The highest BCUT2D eigenvalue weighted by atomic mass is 19.1. The highest BCUT2D eigenvalue weighted by Gasteiger charge is 2.52. The Labute approximate surface area is 133 Å². The van der Waals surface area contributed by atoms with E-state index in [1.807, 2.05) is 30.3 Å². The molecule has 1 saturated heterocycles. The van der Waals surface area contributed by atoms with Gasteiger partial charge in [-0.25, -0.2) is 4.39 Å². The number of rotatable bonds is 3. The van der Waals surface area contributed by atoms with Crippen molar-refractivity contribution in [2.24, 2.45) is 0 Å². The first-order valence-corrected chi connectivity index (χ1v) is 7.31. The standard InChI is InChI=1S/C18H15FN2O2/c19-14-9-5-4-8-13(14)18(23)21-15(10-20)17(16(21)11-22)12-6-2-1-3-7-12/h1-9,15-17,22H,11H2/t15-,16-,17+/m0/s1. The molecule has 3 atom stereocenters. The van der Waals surface area contributed by atoms with Crippen molar-refractivity contribution in [1.29, 1.82) is 5.26 Å². The molecule has 3 rings (SSSR count). The quantitative estimate of drug-likeness (QED) is 0.946. The van der Waals surface area contributed by atoms with Crippen LogP contribution < -0.4 is 0 Å². The predicted molar refractivity (Wildman–Crippen MR) is 82.0 cm³/mol. The molecule has 1 aliphatic rings. The molecule has 0 saturated carbocycles. The van der Waals surface area contributed by atoms with Crippen LogP contribution in [0.5, 0.6) is 0 Å².